The quantitative estimate of drug-likeness (QED) is 0.467. The summed E-state index contributed by atoms with van der Waals surface area (Å²) in [5.74, 6) is 2.51. The van der Waals surface area contributed by atoms with Crippen LogP contribution in [0.5, 0.6) is 0 Å². The predicted octanol–water partition coefficient (Wildman–Crippen LogP) is 2.65. The molecule has 1 N–H and O–H groups in total. The van der Waals surface area contributed by atoms with Crippen LogP contribution in [0.3, 0.4) is 0 Å². The van der Waals surface area contributed by atoms with Gasteiger partial charge in [-0.15, -0.1) is 16.8 Å². The van der Waals surface area contributed by atoms with Gasteiger partial charge in [-0.3, -0.25) is 0 Å². The molecule has 1 aromatic heterocycles. The highest BCUT2D eigenvalue weighted by molar-refractivity contribution is 9.10. The molecule has 0 radical (unpaired) electrons. The average molecular weight is 391 g/mol. The largest absolute Gasteiger partial charge is 0.353 e. The van der Waals surface area contributed by atoms with E-state index in [0.717, 1.165) is 28.6 Å². The minimum atomic E-state index is 0.469. The molecule has 2 rings (SSSR count). The molecule has 0 atom stereocenters. The third-order valence-electron chi connectivity index (χ3n) is 3.68. The Morgan fingerprint density at radius 1 is 1.42 bits per heavy atom. The molecular weight excluding hydrogens is 368 g/mol. The smallest absolute Gasteiger partial charge is 0.194 e. The molecule has 2 aromatic rings. The maximum absolute atomic E-state index is 4.68. The average Bonchev–Trinajstić information content (AvgIpc) is 2.89. The lowest BCUT2D eigenvalue weighted by molar-refractivity contribution is 0.476. The number of aliphatic imine (C=N–C) groups is 1. The van der Waals surface area contributed by atoms with Crippen molar-refractivity contribution >= 4 is 21.9 Å². The Bertz CT molecular complexity index is 722. The van der Waals surface area contributed by atoms with Crippen molar-refractivity contribution in [3.63, 3.8) is 0 Å². The normalized spacial score (nSPS) is 11.4. The van der Waals surface area contributed by atoms with Gasteiger partial charge in [0.2, 0.25) is 0 Å². The summed E-state index contributed by atoms with van der Waals surface area (Å²) in [6.07, 6.45) is 1.81. The Morgan fingerprint density at radius 2 is 2.17 bits per heavy atom. The second kappa shape index (κ2) is 8.63. The summed E-state index contributed by atoms with van der Waals surface area (Å²) < 4.78 is 3.03. The molecule has 7 heteroatoms. The van der Waals surface area contributed by atoms with E-state index in [1.54, 1.807) is 0 Å². The number of hydrogen-bond donors (Lipinski definition) is 1. The molecule has 0 unspecified atom stereocenters. The maximum Gasteiger partial charge on any atom is 0.194 e. The number of nitrogens with one attached hydrogen (secondary N) is 1. The van der Waals surface area contributed by atoms with Crippen molar-refractivity contribution in [3.05, 3.63) is 58.6 Å². The minimum Gasteiger partial charge on any atom is -0.353 e. The highest BCUT2D eigenvalue weighted by Crippen LogP contribution is 2.17. The summed E-state index contributed by atoms with van der Waals surface area (Å²) in [6.45, 7) is 7.54. The summed E-state index contributed by atoms with van der Waals surface area (Å²) in [7, 11) is 3.96. The number of rotatable bonds is 6. The lowest BCUT2D eigenvalue weighted by atomic mass is 10.2. The second-order valence-electron chi connectivity index (χ2n) is 5.48. The standard InChI is InChI=1S/C17H23BrN6/c1-5-10-19-17(20-11-16-22-21-13(2)24(16)4)23(3)12-14-8-6-7-9-15(14)18/h5-9H,1,10-12H2,2-4H3,(H,19,20). The van der Waals surface area contributed by atoms with E-state index >= 15 is 0 Å². The fourth-order valence-electron chi connectivity index (χ4n) is 2.17. The first-order chi connectivity index (χ1) is 11.5. The van der Waals surface area contributed by atoms with E-state index in [9.17, 15) is 0 Å². The van der Waals surface area contributed by atoms with Crippen LogP contribution in [-0.2, 0) is 20.1 Å². The molecule has 0 fully saturated rings. The van der Waals surface area contributed by atoms with Crippen LogP contribution < -0.4 is 5.32 Å². The Labute approximate surface area is 151 Å². The zero-order valence-electron chi connectivity index (χ0n) is 14.3. The lowest BCUT2D eigenvalue weighted by Crippen LogP contribution is -2.38. The second-order valence-corrected chi connectivity index (χ2v) is 6.33. The predicted molar refractivity (Wildman–Crippen MR) is 101 cm³/mol. The summed E-state index contributed by atoms with van der Waals surface area (Å²) in [6, 6.07) is 8.18. The molecule has 0 saturated carbocycles. The SMILES string of the molecule is C=CCNC(=NCc1nnc(C)n1C)N(C)Cc1ccccc1Br. The summed E-state index contributed by atoms with van der Waals surface area (Å²) in [5, 5.41) is 11.5. The van der Waals surface area contributed by atoms with Gasteiger partial charge in [-0.2, -0.15) is 0 Å². The summed E-state index contributed by atoms with van der Waals surface area (Å²) >= 11 is 3.59. The van der Waals surface area contributed by atoms with Gasteiger partial charge in [0, 0.05) is 31.7 Å². The Hall–Kier alpha value is -2.15. The molecule has 128 valence electrons. The third kappa shape index (κ3) is 4.67. The molecule has 24 heavy (non-hydrogen) atoms. The van der Waals surface area contributed by atoms with E-state index < -0.39 is 0 Å². The number of aromatic nitrogens is 3. The number of hydrogen-bond acceptors (Lipinski definition) is 3. The molecule has 0 aliphatic heterocycles. The number of nitrogens with zero attached hydrogens (tertiary/aromatic N) is 5. The molecule has 0 amide bonds. The van der Waals surface area contributed by atoms with Gasteiger partial charge in [0.15, 0.2) is 11.8 Å². The molecule has 0 bridgehead atoms. The van der Waals surface area contributed by atoms with Crippen molar-refractivity contribution in [3.8, 4) is 0 Å². The van der Waals surface area contributed by atoms with Crippen LogP contribution in [0.4, 0.5) is 0 Å². The van der Waals surface area contributed by atoms with E-state index in [4.69, 9.17) is 0 Å². The van der Waals surface area contributed by atoms with Gasteiger partial charge >= 0.3 is 0 Å². The van der Waals surface area contributed by atoms with Gasteiger partial charge < -0.3 is 14.8 Å². The molecule has 0 spiro atoms. The van der Waals surface area contributed by atoms with E-state index in [1.807, 2.05) is 49.9 Å². The number of benzene rings is 1. The first kappa shape index (κ1) is 18.2. The van der Waals surface area contributed by atoms with E-state index in [2.05, 4.69) is 54.0 Å². The molecule has 0 aliphatic rings. The Balaban J connectivity index is 2.14. The van der Waals surface area contributed by atoms with Gasteiger partial charge in [-0.25, -0.2) is 4.99 Å². The van der Waals surface area contributed by atoms with Crippen LogP contribution >= 0.6 is 15.9 Å². The summed E-state index contributed by atoms with van der Waals surface area (Å²) in [5.41, 5.74) is 1.20. The van der Waals surface area contributed by atoms with E-state index in [-0.39, 0.29) is 0 Å². The highest BCUT2D eigenvalue weighted by atomic mass is 79.9. The molecule has 0 aliphatic carbocycles. The van der Waals surface area contributed by atoms with Gasteiger partial charge in [0.05, 0.1) is 0 Å². The first-order valence-corrected chi connectivity index (χ1v) is 8.51. The van der Waals surface area contributed by atoms with Crippen LogP contribution in [0.15, 0.2) is 46.4 Å². The fraction of sp³-hybridized carbons (Fsp3) is 0.353. The fourth-order valence-corrected chi connectivity index (χ4v) is 2.58. The van der Waals surface area contributed by atoms with Crippen molar-refractivity contribution in [1.29, 1.82) is 0 Å². The van der Waals surface area contributed by atoms with Crippen LogP contribution in [0.2, 0.25) is 0 Å². The molecule has 1 heterocycles. The molecule has 1 aromatic carbocycles. The van der Waals surface area contributed by atoms with Crippen molar-refractivity contribution in [2.75, 3.05) is 13.6 Å². The molecule has 6 nitrogen and oxygen atoms in total. The minimum absolute atomic E-state index is 0.469. The first-order valence-electron chi connectivity index (χ1n) is 7.71. The molecular formula is C17H23BrN6. The van der Waals surface area contributed by atoms with Crippen molar-refractivity contribution < 1.29 is 0 Å². The molecule has 0 saturated heterocycles. The van der Waals surface area contributed by atoms with Gasteiger partial charge in [0.25, 0.3) is 0 Å². The number of guanidine groups is 1. The van der Waals surface area contributed by atoms with Gasteiger partial charge in [0.1, 0.15) is 12.4 Å². The number of aryl methyl sites for hydroxylation is 1. The summed E-state index contributed by atoms with van der Waals surface area (Å²) in [4.78, 5) is 6.75. The van der Waals surface area contributed by atoms with Crippen LogP contribution in [0, 0.1) is 6.92 Å². The van der Waals surface area contributed by atoms with Crippen LogP contribution in [-0.4, -0.2) is 39.2 Å². The Kier molecular flexibility index (Phi) is 6.54. The zero-order chi connectivity index (χ0) is 17.5. The topological polar surface area (TPSA) is 58.3 Å². The Morgan fingerprint density at radius 3 is 2.79 bits per heavy atom. The lowest BCUT2D eigenvalue weighted by Gasteiger charge is -2.22. The van der Waals surface area contributed by atoms with E-state index in [1.165, 1.54) is 5.56 Å². The zero-order valence-corrected chi connectivity index (χ0v) is 15.9. The van der Waals surface area contributed by atoms with Crippen molar-refractivity contribution in [2.24, 2.45) is 12.0 Å². The van der Waals surface area contributed by atoms with Gasteiger partial charge in [-0.05, 0) is 18.6 Å². The van der Waals surface area contributed by atoms with Crippen LogP contribution in [0.1, 0.15) is 17.2 Å². The third-order valence-corrected chi connectivity index (χ3v) is 4.46. The van der Waals surface area contributed by atoms with Crippen molar-refractivity contribution in [1.82, 2.24) is 25.0 Å². The van der Waals surface area contributed by atoms with E-state index in [0.29, 0.717) is 13.1 Å². The van der Waals surface area contributed by atoms with Crippen LogP contribution in [0.25, 0.3) is 0 Å². The highest BCUT2D eigenvalue weighted by Gasteiger charge is 2.10. The monoisotopic (exact) mass is 390 g/mol. The van der Waals surface area contributed by atoms with Gasteiger partial charge in [-0.1, -0.05) is 40.2 Å². The van der Waals surface area contributed by atoms with Crippen molar-refractivity contribution in [2.45, 2.75) is 20.0 Å². The maximum atomic E-state index is 4.68. The number of halogens is 1.